The largest absolute Gasteiger partial charge is 0.489 e. The van der Waals surface area contributed by atoms with Crippen LogP contribution >= 0.6 is 10.6 Å². The van der Waals surface area contributed by atoms with Crippen molar-refractivity contribution < 1.29 is 23.8 Å². The molecule has 3 aromatic rings. The average Bonchev–Trinajstić information content (AvgIpc) is 2.80. The Labute approximate surface area is 194 Å². The molecule has 2 heterocycles. The fourth-order valence-electron chi connectivity index (χ4n) is 4.48. The maximum atomic E-state index is 12.1. The summed E-state index contributed by atoms with van der Waals surface area (Å²) in [4.78, 5) is 18.6. The Kier molecular flexibility index (Phi) is 6.60. The lowest BCUT2D eigenvalue weighted by Crippen LogP contribution is -2.52. The van der Waals surface area contributed by atoms with E-state index in [-0.39, 0.29) is 18.7 Å². The van der Waals surface area contributed by atoms with Crippen LogP contribution in [0.1, 0.15) is 23.2 Å². The summed E-state index contributed by atoms with van der Waals surface area (Å²) in [6.07, 6.45) is -0.237. The lowest BCUT2D eigenvalue weighted by molar-refractivity contribution is -0.130. The first-order valence-corrected chi connectivity index (χ1v) is 12.4. The van der Waals surface area contributed by atoms with Crippen molar-refractivity contribution in [2.24, 2.45) is 0 Å². The molecule has 8 nitrogen and oxygen atoms in total. The third kappa shape index (κ3) is 4.68. The number of fused-ring (bicyclic) bond motifs is 1. The molecule has 1 aliphatic rings. The monoisotopic (exact) mass is 471 g/mol. The molecule has 1 atom stereocenters. The van der Waals surface area contributed by atoms with Crippen molar-refractivity contribution >= 4 is 27.4 Å². The third-order valence-corrected chi connectivity index (χ3v) is 8.70. The number of hydrogen-bond acceptors (Lipinski definition) is 7. The van der Waals surface area contributed by atoms with Crippen LogP contribution in [-0.2, 0) is 16.1 Å². The Morgan fingerprint density at radius 1 is 1.21 bits per heavy atom. The van der Waals surface area contributed by atoms with Crippen molar-refractivity contribution in [1.29, 1.82) is 0 Å². The highest BCUT2D eigenvalue weighted by Gasteiger charge is 2.49. The number of hydrogen-bond donors (Lipinski definition) is 4. The Hall–Kier alpha value is -2.69. The molecule has 1 aromatic heterocycles. The number of para-hydroxylation sites is 1. The number of aromatic nitrogens is 1. The molecule has 176 valence electrons. The predicted molar refractivity (Wildman–Crippen MR) is 129 cm³/mol. The van der Waals surface area contributed by atoms with Gasteiger partial charge in [-0.05, 0) is 43.8 Å². The number of benzene rings is 2. The van der Waals surface area contributed by atoms with Gasteiger partial charge in [0.15, 0.2) is 0 Å². The van der Waals surface area contributed by atoms with E-state index in [4.69, 9.17) is 9.94 Å². The van der Waals surface area contributed by atoms with Crippen molar-refractivity contribution in [1.82, 2.24) is 15.4 Å². The molecule has 0 radical (unpaired) electrons. The van der Waals surface area contributed by atoms with Gasteiger partial charge in [-0.1, -0.05) is 30.3 Å². The summed E-state index contributed by atoms with van der Waals surface area (Å²) in [6.45, 7) is 3.11. The number of hydroxylamine groups is 1. The molecule has 0 saturated carbocycles. The van der Waals surface area contributed by atoms with Crippen LogP contribution in [0.15, 0.2) is 54.6 Å². The second-order valence-corrected chi connectivity index (χ2v) is 11.1. The summed E-state index contributed by atoms with van der Waals surface area (Å²) in [5, 5.41) is 10.1. The van der Waals surface area contributed by atoms with Crippen molar-refractivity contribution in [3.8, 4) is 5.75 Å². The molecular weight excluding hydrogens is 442 g/mol. The summed E-state index contributed by atoms with van der Waals surface area (Å²) in [6, 6.07) is 17.0. The van der Waals surface area contributed by atoms with Crippen molar-refractivity contribution in [3.63, 3.8) is 0 Å². The van der Waals surface area contributed by atoms with Gasteiger partial charge >= 0.3 is 0 Å². The first-order chi connectivity index (χ1) is 15.7. The number of ether oxygens (including phenoxy) is 1. The predicted octanol–water partition coefficient (Wildman–Crippen LogP) is 3.91. The molecule has 1 aliphatic heterocycles. The first-order valence-electron chi connectivity index (χ1n) is 10.7. The smallest absolute Gasteiger partial charge is 0.245 e. The van der Waals surface area contributed by atoms with Crippen molar-refractivity contribution in [2.75, 3.05) is 25.9 Å². The number of aryl methyl sites for hydroxylation is 1. The fraction of sp³-hybridized carbons (Fsp3) is 0.333. The summed E-state index contributed by atoms with van der Waals surface area (Å²) in [5.74, 6) is 0.125. The topological polar surface area (TPSA) is 115 Å². The number of likely N-dealkylation sites (N-methyl/N-ethyl adjacent to an activating group) is 1. The molecule has 2 aromatic carbocycles. The molecule has 0 aliphatic carbocycles. The maximum absolute atomic E-state index is 12.1. The second-order valence-electron chi connectivity index (χ2n) is 8.57. The number of carbonyl (C=O) groups is 1. The minimum Gasteiger partial charge on any atom is -0.489 e. The molecule has 9 heteroatoms. The SMILES string of the molecule is Cc1cc(COc2ccc(C3(CC(=O)NO)CN(C)CCS3(O)O)cc2)c2ccccc2n1. The van der Waals surface area contributed by atoms with E-state index in [1.165, 1.54) is 0 Å². The van der Waals surface area contributed by atoms with Crippen LogP contribution in [0.5, 0.6) is 5.75 Å². The molecule has 1 amide bonds. The number of amides is 1. The molecular formula is C24H29N3O5S. The molecule has 0 spiro atoms. The van der Waals surface area contributed by atoms with Crippen molar-refractivity contribution in [2.45, 2.75) is 24.7 Å². The van der Waals surface area contributed by atoms with E-state index in [2.05, 4.69) is 4.98 Å². The highest BCUT2D eigenvalue weighted by molar-refractivity contribution is 8.25. The minimum atomic E-state index is -3.13. The quantitative estimate of drug-likeness (QED) is 0.318. The zero-order valence-electron chi connectivity index (χ0n) is 18.7. The van der Waals surface area contributed by atoms with Crippen LogP contribution in [0.4, 0.5) is 0 Å². The van der Waals surface area contributed by atoms with Gasteiger partial charge in [0, 0.05) is 29.7 Å². The summed E-state index contributed by atoms with van der Waals surface area (Å²) < 4.78 is 26.7. The van der Waals surface area contributed by atoms with Gasteiger partial charge in [0.2, 0.25) is 5.91 Å². The van der Waals surface area contributed by atoms with Crippen LogP contribution in [0.2, 0.25) is 0 Å². The summed E-state index contributed by atoms with van der Waals surface area (Å²) in [7, 11) is -1.26. The van der Waals surface area contributed by atoms with Crippen LogP contribution in [0.3, 0.4) is 0 Å². The van der Waals surface area contributed by atoms with Gasteiger partial charge in [0.25, 0.3) is 0 Å². The summed E-state index contributed by atoms with van der Waals surface area (Å²) >= 11 is 0. The van der Waals surface area contributed by atoms with E-state index < -0.39 is 21.2 Å². The Morgan fingerprint density at radius 3 is 2.67 bits per heavy atom. The number of rotatable bonds is 6. The average molecular weight is 472 g/mol. The second kappa shape index (κ2) is 9.28. The number of nitrogens with one attached hydrogen (secondary N) is 1. The molecule has 1 fully saturated rings. The molecule has 4 N–H and O–H groups in total. The van der Waals surface area contributed by atoms with E-state index in [1.807, 2.05) is 49.2 Å². The van der Waals surface area contributed by atoms with Gasteiger partial charge in [-0.15, -0.1) is 0 Å². The minimum absolute atomic E-state index is 0.162. The Bertz CT molecular complexity index is 1150. The van der Waals surface area contributed by atoms with Gasteiger partial charge in [-0.25, -0.2) is 5.48 Å². The van der Waals surface area contributed by atoms with E-state index in [0.717, 1.165) is 22.2 Å². The molecule has 4 rings (SSSR count). The molecule has 33 heavy (non-hydrogen) atoms. The van der Waals surface area contributed by atoms with Crippen LogP contribution in [-0.4, -0.2) is 56.0 Å². The van der Waals surface area contributed by atoms with E-state index in [0.29, 0.717) is 24.5 Å². The van der Waals surface area contributed by atoms with Crippen molar-refractivity contribution in [3.05, 3.63) is 71.4 Å². The van der Waals surface area contributed by atoms with E-state index in [1.54, 1.807) is 29.7 Å². The Morgan fingerprint density at radius 2 is 1.94 bits per heavy atom. The van der Waals surface area contributed by atoms with Gasteiger partial charge in [-0.2, -0.15) is 10.6 Å². The zero-order valence-corrected chi connectivity index (χ0v) is 19.5. The standard InChI is InChI=1S/C24H29N3O5S/c1-17-13-18(21-5-3-4-6-22(21)25-17)15-32-20-9-7-19(8-10-20)24(14-23(28)26-29)16-27(2)11-12-33(24,30)31/h3-10,13,29-31H,11-12,14-16H2,1-2H3,(H,26,28). The zero-order chi connectivity index (χ0) is 23.6. The summed E-state index contributed by atoms with van der Waals surface area (Å²) in [5.41, 5.74) is 5.12. The lowest BCUT2D eigenvalue weighted by Gasteiger charge is -2.55. The Balaban J connectivity index is 1.60. The highest BCUT2D eigenvalue weighted by atomic mass is 32.3. The molecule has 1 unspecified atom stereocenters. The van der Waals surface area contributed by atoms with Crippen LogP contribution in [0, 0.1) is 6.92 Å². The third-order valence-electron chi connectivity index (χ3n) is 6.18. The van der Waals surface area contributed by atoms with Crippen LogP contribution < -0.4 is 10.2 Å². The van der Waals surface area contributed by atoms with Gasteiger partial charge in [0.1, 0.15) is 17.1 Å². The van der Waals surface area contributed by atoms with E-state index >= 15 is 0 Å². The van der Waals surface area contributed by atoms with Gasteiger partial charge in [0.05, 0.1) is 17.7 Å². The fourth-order valence-corrected chi connectivity index (χ4v) is 6.74. The van der Waals surface area contributed by atoms with Crippen LogP contribution in [0.25, 0.3) is 10.9 Å². The maximum Gasteiger partial charge on any atom is 0.245 e. The normalized spacial score (nSPS) is 21.5. The molecule has 0 bridgehead atoms. The first kappa shape index (κ1) is 23.5. The number of carbonyl (C=O) groups excluding carboxylic acids is 1. The number of pyridine rings is 1. The van der Waals surface area contributed by atoms with E-state index in [9.17, 15) is 13.9 Å². The van der Waals surface area contributed by atoms with Gasteiger partial charge < -0.3 is 9.64 Å². The van der Waals surface area contributed by atoms with Gasteiger partial charge in [-0.3, -0.25) is 24.1 Å². The lowest BCUT2D eigenvalue weighted by atomic mass is 9.93. The number of nitrogens with zero attached hydrogens (tertiary/aromatic N) is 2. The highest BCUT2D eigenvalue weighted by Crippen LogP contribution is 2.62. The molecule has 1 saturated heterocycles.